The maximum atomic E-state index is 6.71. The van der Waals surface area contributed by atoms with Crippen LogP contribution in [0.5, 0.6) is 5.75 Å². The summed E-state index contributed by atoms with van der Waals surface area (Å²) in [4.78, 5) is 9.43. The molecule has 5 heterocycles. The Hall–Kier alpha value is -5.16. The monoisotopic (exact) mass is 502 g/mol. The first-order valence-electron chi connectivity index (χ1n) is 13.3. The summed E-state index contributed by atoms with van der Waals surface area (Å²) < 4.78 is 11.3. The molecule has 2 unspecified atom stereocenters. The van der Waals surface area contributed by atoms with Gasteiger partial charge in [-0.3, -0.25) is 9.97 Å². The average Bonchev–Trinajstić information content (AvgIpc) is 3.65. The lowest BCUT2D eigenvalue weighted by Crippen LogP contribution is -2.18. The molecule has 184 valence electrons. The summed E-state index contributed by atoms with van der Waals surface area (Å²) in [5.41, 5.74) is 9.89. The van der Waals surface area contributed by atoms with Crippen LogP contribution in [-0.4, -0.2) is 25.2 Å². The van der Waals surface area contributed by atoms with E-state index >= 15 is 0 Å². The molecule has 0 amide bonds. The molecule has 9 rings (SSSR count). The van der Waals surface area contributed by atoms with E-state index < -0.39 is 0 Å². The third-order valence-electron chi connectivity index (χ3n) is 8.15. The first-order chi connectivity index (χ1) is 19.4. The van der Waals surface area contributed by atoms with E-state index in [1.165, 1.54) is 5.56 Å². The van der Waals surface area contributed by atoms with Gasteiger partial charge < -0.3 is 13.9 Å². The molecule has 2 atom stereocenters. The van der Waals surface area contributed by atoms with E-state index in [2.05, 4.69) is 106 Å². The van der Waals surface area contributed by atoms with Crippen molar-refractivity contribution in [1.82, 2.24) is 19.1 Å². The lowest BCUT2D eigenvalue weighted by atomic mass is 9.90. The third-order valence-corrected chi connectivity index (χ3v) is 8.15. The summed E-state index contributed by atoms with van der Waals surface area (Å²) >= 11 is 0. The second-order valence-electron chi connectivity index (χ2n) is 10.2. The van der Waals surface area contributed by atoms with Gasteiger partial charge in [-0.05, 0) is 60.7 Å². The molecule has 1 aliphatic carbocycles. The Morgan fingerprint density at radius 1 is 0.615 bits per heavy atom. The number of benzene rings is 3. The Kier molecular flexibility index (Phi) is 4.11. The Labute approximate surface area is 223 Å². The fourth-order valence-corrected chi connectivity index (χ4v) is 6.53. The zero-order valence-electron chi connectivity index (χ0n) is 20.9. The van der Waals surface area contributed by atoms with Gasteiger partial charge in [0.15, 0.2) is 0 Å². The highest BCUT2D eigenvalue weighted by atomic mass is 16.5. The van der Waals surface area contributed by atoms with Gasteiger partial charge in [0, 0.05) is 40.3 Å². The van der Waals surface area contributed by atoms with Crippen LogP contribution in [0.2, 0.25) is 0 Å². The van der Waals surface area contributed by atoms with E-state index in [-0.39, 0.29) is 12.0 Å². The van der Waals surface area contributed by atoms with Crippen molar-refractivity contribution in [3.8, 4) is 11.4 Å². The van der Waals surface area contributed by atoms with Gasteiger partial charge in [0.1, 0.15) is 11.9 Å². The van der Waals surface area contributed by atoms with Gasteiger partial charge in [0.2, 0.25) is 0 Å². The van der Waals surface area contributed by atoms with Crippen molar-refractivity contribution >= 4 is 49.6 Å². The molecule has 0 radical (unpaired) electrons. The molecule has 39 heavy (non-hydrogen) atoms. The van der Waals surface area contributed by atoms with E-state index in [9.17, 15) is 0 Å². The number of allylic oxidation sites excluding steroid dienone is 2. The SMILES string of the molecule is C1=CC2Oc3c(cccc3-n3c4ccccc4c4ncccc43)C2C=C1n1c2ccccc2c2ncccc21. The molecule has 0 N–H and O–H groups in total. The fraction of sp³-hybridized carbons (Fsp3) is 0.0588. The number of ether oxygens (including phenoxy) is 1. The van der Waals surface area contributed by atoms with Crippen molar-refractivity contribution in [3.63, 3.8) is 0 Å². The minimum atomic E-state index is -0.0534. The van der Waals surface area contributed by atoms with E-state index in [0.29, 0.717) is 0 Å². The van der Waals surface area contributed by atoms with Crippen molar-refractivity contribution < 1.29 is 4.74 Å². The van der Waals surface area contributed by atoms with Crippen LogP contribution in [0.25, 0.3) is 55.3 Å². The molecule has 0 spiro atoms. The van der Waals surface area contributed by atoms with Crippen molar-refractivity contribution in [1.29, 1.82) is 0 Å². The maximum Gasteiger partial charge on any atom is 0.148 e. The van der Waals surface area contributed by atoms with E-state index in [4.69, 9.17) is 14.7 Å². The predicted octanol–water partition coefficient (Wildman–Crippen LogP) is 7.64. The Bertz CT molecular complexity index is 2070. The van der Waals surface area contributed by atoms with Gasteiger partial charge >= 0.3 is 0 Å². The first-order valence-corrected chi connectivity index (χ1v) is 13.3. The zero-order valence-corrected chi connectivity index (χ0v) is 20.9. The fourth-order valence-electron chi connectivity index (χ4n) is 6.53. The van der Waals surface area contributed by atoms with Crippen LogP contribution in [0.3, 0.4) is 0 Å². The number of rotatable bonds is 2. The van der Waals surface area contributed by atoms with Gasteiger partial charge in [-0.1, -0.05) is 48.5 Å². The number of aromatic nitrogens is 4. The van der Waals surface area contributed by atoms with Crippen molar-refractivity contribution in [2.24, 2.45) is 0 Å². The van der Waals surface area contributed by atoms with Crippen LogP contribution in [-0.2, 0) is 0 Å². The summed E-state index contributed by atoms with van der Waals surface area (Å²) in [7, 11) is 0. The molecule has 2 aliphatic rings. The Balaban J connectivity index is 1.25. The molecule has 0 fully saturated rings. The second kappa shape index (κ2) is 7.68. The third kappa shape index (κ3) is 2.79. The van der Waals surface area contributed by atoms with Crippen LogP contribution in [0.15, 0.2) is 122 Å². The van der Waals surface area contributed by atoms with E-state index in [0.717, 1.165) is 61.0 Å². The largest absolute Gasteiger partial charge is 0.483 e. The number of para-hydroxylation sites is 3. The molecule has 1 aliphatic heterocycles. The van der Waals surface area contributed by atoms with E-state index in [1.807, 2.05) is 24.5 Å². The van der Waals surface area contributed by atoms with E-state index in [1.54, 1.807) is 0 Å². The highest BCUT2D eigenvalue weighted by Crippen LogP contribution is 2.47. The minimum Gasteiger partial charge on any atom is -0.483 e. The van der Waals surface area contributed by atoms with Gasteiger partial charge in [0.05, 0.1) is 38.8 Å². The molecule has 0 saturated heterocycles. The van der Waals surface area contributed by atoms with Crippen molar-refractivity contribution in [2.75, 3.05) is 0 Å². The van der Waals surface area contributed by atoms with Crippen LogP contribution < -0.4 is 4.74 Å². The molecule has 5 heteroatoms. The quantitative estimate of drug-likeness (QED) is 0.244. The summed E-state index contributed by atoms with van der Waals surface area (Å²) in [6.07, 6.45) is 10.4. The normalized spacial score (nSPS) is 18.0. The molecule has 4 aromatic heterocycles. The Morgan fingerprint density at radius 2 is 1.26 bits per heavy atom. The smallest absolute Gasteiger partial charge is 0.148 e. The average molecular weight is 503 g/mol. The van der Waals surface area contributed by atoms with Crippen LogP contribution in [0.1, 0.15) is 11.5 Å². The molecule has 7 aromatic rings. The molecule has 0 bridgehead atoms. The molecular formula is C34H22N4O. The lowest BCUT2D eigenvalue weighted by Gasteiger charge is -2.20. The number of fused-ring (bicyclic) bond motifs is 9. The van der Waals surface area contributed by atoms with Gasteiger partial charge in [-0.2, -0.15) is 0 Å². The highest BCUT2D eigenvalue weighted by molar-refractivity contribution is 6.09. The topological polar surface area (TPSA) is 44.9 Å². The number of nitrogens with zero attached hydrogens (tertiary/aromatic N) is 4. The standard InChI is InChI=1S/C34H22N4O/c1-3-11-26-23(8-1)32-28(14-6-18-35-32)37(26)21-16-17-31-25(20-21)22-10-5-13-30(34(22)39-31)38-27-12-4-2-9-24(27)33-29(38)15-7-19-36-33/h1-20,25,31H. The summed E-state index contributed by atoms with van der Waals surface area (Å²) in [5.74, 6) is 1.05. The molecule has 5 nitrogen and oxygen atoms in total. The summed E-state index contributed by atoms with van der Waals surface area (Å²) in [5, 5.41) is 2.30. The predicted molar refractivity (Wildman–Crippen MR) is 156 cm³/mol. The second-order valence-corrected chi connectivity index (χ2v) is 10.2. The Morgan fingerprint density at radius 3 is 2.00 bits per heavy atom. The summed E-state index contributed by atoms with van der Waals surface area (Å²) in [6.45, 7) is 0. The highest BCUT2D eigenvalue weighted by Gasteiger charge is 2.36. The molecule has 0 saturated carbocycles. The number of pyridine rings is 2. The lowest BCUT2D eigenvalue weighted by molar-refractivity contribution is 0.268. The van der Waals surface area contributed by atoms with Gasteiger partial charge in [0.25, 0.3) is 0 Å². The first kappa shape index (κ1) is 20.8. The molecule has 3 aromatic carbocycles. The van der Waals surface area contributed by atoms with Crippen LogP contribution in [0.4, 0.5) is 0 Å². The maximum absolute atomic E-state index is 6.71. The number of hydrogen-bond donors (Lipinski definition) is 0. The zero-order chi connectivity index (χ0) is 25.5. The van der Waals surface area contributed by atoms with Crippen molar-refractivity contribution in [3.05, 3.63) is 127 Å². The van der Waals surface area contributed by atoms with Crippen molar-refractivity contribution in [2.45, 2.75) is 12.0 Å². The van der Waals surface area contributed by atoms with Crippen LogP contribution in [0, 0.1) is 0 Å². The number of hydrogen-bond acceptors (Lipinski definition) is 3. The van der Waals surface area contributed by atoms with Gasteiger partial charge in [-0.25, -0.2) is 0 Å². The van der Waals surface area contributed by atoms with Crippen LogP contribution >= 0.6 is 0 Å². The summed E-state index contributed by atoms with van der Waals surface area (Å²) in [6, 6.07) is 31.7. The molecular weight excluding hydrogens is 480 g/mol. The van der Waals surface area contributed by atoms with Gasteiger partial charge in [-0.15, -0.1) is 0 Å². The minimum absolute atomic E-state index is 0.0534.